The van der Waals surface area contributed by atoms with E-state index >= 15 is 0 Å². The lowest BCUT2D eigenvalue weighted by Gasteiger charge is -2.15. The number of esters is 1. The van der Waals surface area contributed by atoms with Gasteiger partial charge in [-0.2, -0.15) is 0 Å². The van der Waals surface area contributed by atoms with E-state index in [0.717, 1.165) is 11.4 Å². The predicted molar refractivity (Wildman–Crippen MR) is 111 cm³/mol. The number of amides is 1. The quantitative estimate of drug-likeness (QED) is 0.529. The van der Waals surface area contributed by atoms with Crippen LogP contribution in [0.4, 0.5) is 5.69 Å². The summed E-state index contributed by atoms with van der Waals surface area (Å²) in [6.45, 7) is 3.28. The maximum Gasteiger partial charge on any atom is 0.337 e. The second kappa shape index (κ2) is 9.00. The highest BCUT2D eigenvalue weighted by Crippen LogP contribution is 2.27. The molecule has 1 aliphatic rings. The fourth-order valence-corrected chi connectivity index (χ4v) is 3.43. The van der Waals surface area contributed by atoms with Gasteiger partial charge in [0.05, 0.1) is 31.5 Å². The first kappa shape index (κ1) is 22.0. The smallest absolute Gasteiger partial charge is 0.337 e. The number of ether oxygens (including phenoxy) is 1. The van der Waals surface area contributed by atoms with E-state index in [1.807, 2.05) is 0 Å². The third kappa shape index (κ3) is 4.43. The third-order valence-electron chi connectivity index (χ3n) is 5.09. The first-order valence-corrected chi connectivity index (χ1v) is 9.61. The summed E-state index contributed by atoms with van der Waals surface area (Å²) in [6.07, 6.45) is 0. The molecule has 10 nitrogen and oxygen atoms in total. The maximum absolute atomic E-state index is 12.7. The van der Waals surface area contributed by atoms with Gasteiger partial charge in [0.1, 0.15) is 18.1 Å². The average molecular weight is 428 g/mol. The molecule has 31 heavy (non-hydrogen) atoms. The molecule has 0 aliphatic carbocycles. The van der Waals surface area contributed by atoms with Crippen molar-refractivity contribution in [3.05, 3.63) is 46.9 Å². The molecule has 3 rings (SSSR count). The second-order valence-electron chi connectivity index (χ2n) is 7.09. The monoisotopic (exact) mass is 428 g/mol. The first-order valence-electron chi connectivity index (χ1n) is 9.61. The highest BCUT2D eigenvalue weighted by atomic mass is 16.5. The molecule has 0 unspecified atom stereocenters. The number of aliphatic carboxylic acids is 1. The van der Waals surface area contributed by atoms with Crippen LogP contribution in [0.25, 0.3) is 11.4 Å². The molecule has 2 heterocycles. The number of nitrogens with one attached hydrogen (secondary N) is 1. The van der Waals surface area contributed by atoms with Crippen molar-refractivity contribution in [1.82, 2.24) is 14.5 Å². The molecule has 0 saturated carbocycles. The summed E-state index contributed by atoms with van der Waals surface area (Å²) in [7, 11) is 1.24. The predicted octanol–water partition coefficient (Wildman–Crippen LogP) is 0.925. The Kier molecular flexibility index (Phi) is 6.40. The van der Waals surface area contributed by atoms with Crippen molar-refractivity contribution in [2.45, 2.75) is 20.4 Å². The molecule has 2 aromatic rings. The van der Waals surface area contributed by atoms with Crippen molar-refractivity contribution in [3.8, 4) is 11.4 Å². The van der Waals surface area contributed by atoms with Crippen LogP contribution in [0.2, 0.25) is 0 Å². The Hall–Kier alpha value is -3.66. The Morgan fingerprint density at radius 3 is 2.68 bits per heavy atom. The van der Waals surface area contributed by atoms with Gasteiger partial charge in [0.25, 0.3) is 5.91 Å². The number of carboxylic acid groups (broad SMARTS) is 1. The van der Waals surface area contributed by atoms with Crippen molar-refractivity contribution >= 4 is 23.5 Å². The van der Waals surface area contributed by atoms with E-state index in [9.17, 15) is 24.6 Å². The Morgan fingerprint density at radius 2 is 2.03 bits per heavy atom. The lowest BCUT2D eigenvalue weighted by molar-refractivity contribution is -0.138. The van der Waals surface area contributed by atoms with E-state index in [2.05, 4.69) is 10.3 Å². The largest absolute Gasteiger partial charge is 0.480 e. The molecular weight excluding hydrogens is 404 g/mol. The van der Waals surface area contributed by atoms with Crippen LogP contribution in [0.15, 0.2) is 35.5 Å². The molecule has 3 N–H and O–H groups in total. The van der Waals surface area contributed by atoms with E-state index in [-0.39, 0.29) is 37.5 Å². The van der Waals surface area contributed by atoms with E-state index in [0.29, 0.717) is 17.1 Å². The normalized spacial score (nSPS) is 13.7. The highest BCUT2D eigenvalue weighted by Gasteiger charge is 2.34. The SMILES string of the molecule is COC(=O)C1=C(Nc2cccc(-c3nc(C)c(C)n3CC(=O)O)c2)C(=O)N(CCO)C1. The molecule has 0 fully saturated rings. The Morgan fingerprint density at radius 1 is 1.29 bits per heavy atom. The second-order valence-corrected chi connectivity index (χ2v) is 7.09. The summed E-state index contributed by atoms with van der Waals surface area (Å²) in [5, 5.41) is 21.4. The van der Waals surface area contributed by atoms with Gasteiger partial charge in [0.2, 0.25) is 0 Å². The lowest BCUT2D eigenvalue weighted by Crippen LogP contribution is -2.31. The number of carbonyl (C=O) groups excluding carboxylic acids is 2. The number of aryl methyl sites for hydroxylation is 1. The van der Waals surface area contributed by atoms with Gasteiger partial charge in [-0.25, -0.2) is 9.78 Å². The zero-order valence-electron chi connectivity index (χ0n) is 17.5. The summed E-state index contributed by atoms with van der Waals surface area (Å²) in [6, 6.07) is 6.97. The van der Waals surface area contributed by atoms with Crippen LogP contribution in [-0.4, -0.2) is 69.3 Å². The number of aliphatic hydroxyl groups excluding tert-OH is 1. The fourth-order valence-electron chi connectivity index (χ4n) is 3.43. The van der Waals surface area contributed by atoms with Gasteiger partial charge >= 0.3 is 11.9 Å². The van der Waals surface area contributed by atoms with Crippen LogP contribution in [-0.2, 0) is 25.7 Å². The standard InChI is InChI=1S/C21H24N4O6/c1-12-13(2)25(11-17(27)28)19(22-12)14-5-4-6-15(9-14)23-18-16(21(30)31-3)10-24(7-8-26)20(18)29/h4-6,9,23,26H,7-8,10-11H2,1-3H3,(H,27,28). The van der Waals surface area contributed by atoms with Crippen LogP contribution in [0, 0.1) is 13.8 Å². The number of hydrogen-bond donors (Lipinski definition) is 3. The lowest BCUT2D eigenvalue weighted by atomic mass is 10.1. The molecule has 0 bridgehead atoms. The van der Waals surface area contributed by atoms with Crippen LogP contribution in [0.3, 0.4) is 0 Å². The minimum absolute atomic E-state index is 0.0372. The molecular formula is C21H24N4O6. The van der Waals surface area contributed by atoms with Gasteiger partial charge in [-0.3, -0.25) is 9.59 Å². The van der Waals surface area contributed by atoms with E-state index in [1.54, 1.807) is 42.7 Å². The topological polar surface area (TPSA) is 134 Å². The van der Waals surface area contributed by atoms with Gasteiger partial charge < -0.3 is 29.7 Å². The molecule has 0 saturated heterocycles. The maximum atomic E-state index is 12.7. The summed E-state index contributed by atoms with van der Waals surface area (Å²) < 4.78 is 6.40. The minimum atomic E-state index is -0.982. The number of nitrogens with zero attached hydrogens (tertiary/aromatic N) is 3. The van der Waals surface area contributed by atoms with Gasteiger partial charge in [-0.15, -0.1) is 0 Å². The average Bonchev–Trinajstić information content (AvgIpc) is 3.19. The van der Waals surface area contributed by atoms with Gasteiger partial charge in [-0.1, -0.05) is 12.1 Å². The molecule has 1 aromatic carbocycles. The van der Waals surface area contributed by atoms with Gasteiger partial charge in [-0.05, 0) is 26.0 Å². The van der Waals surface area contributed by atoms with Crippen molar-refractivity contribution in [1.29, 1.82) is 0 Å². The zero-order chi connectivity index (χ0) is 22.7. The van der Waals surface area contributed by atoms with E-state index in [1.165, 1.54) is 12.0 Å². The van der Waals surface area contributed by atoms with Crippen molar-refractivity contribution in [2.24, 2.45) is 0 Å². The molecule has 164 valence electrons. The summed E-state index contributed by atoms with van der Waals surface area (Å²) in [5.41, 5.74) is 2.89. The molecule has 0 atom stereocenters. The molecule has 1 aliphatic heterocycles. The Labute approximate surface area is 178 Å². The molecule has 1 amide bonds. The van der Waals surface area contributed by atoms with Crippen LogP contribution in [0.1, 0.15) is 11.4 Å². The minimum Gasteiger partial charge on any atom is -0.480 e. The number of carbonyl (C=O) groups is 3. The number of rotatable bonds is 8. The highest BCUT2D eigenvalue weighted by molar-refractivity contribution is 6.08. The third-order valence-corrected chi connectivity index (χ3v) is 5.09. The number of anilines is 1. The molecule has 0 spiro atoms. The number of benzene rings is 1. The van der Waals surface area contributed by atoms with Crippen molar-refractivity contribution < 1.29 is 29.3 Å². The fraction of sp³-hybridized carbons (Fsp3) is 0.333. The number of imidazole rings is 1. The number of carboxylic acids is 1. The number of aromatic nitrogens is 2. The van der Waals surface area contributed by atoms with E-state index < -0.39 is 17.8 Å². The van der Waals surface area contributed by atoms with Crippen LogP contribution in [0.5, 0.6) is 0 Å². The Balaban J connectivity index is 1.97. The molecule has 1 aromatic heterocycles. The Bertz CT molecular complexity index is 1070. The molecule has 10 heteroatoms. The first-order chi connectivity index (χ1) is 14.8. The van der Waals surface area contributed by atoms with E-state index in [4.69, 9.17) is 4.74 Å². The number of β-amino-alcohol motifs (C(OH)–C–C–N with tert-alkyl or cyclic N) is 1. The number of aliphatic hydroxyl groups is 1. The summed E-state index contributed by atoms with van der Waals surface area (Å²) in [5.74, 6) is -1.54. The van der Waals surface area contributed by atoms with Crippen LogP contribution >= 0.6 is 0 Å². The number of methoxy groups -OCH3 is 1. The summed E-state index contributed by atoms with van der Waals surface area (Å²) >= 11 is 0. The zero-order valence-corrected chi connectivity index (χ0v) is 17.5. The number of hydrogen-bond acceptors (Lipinski definition) is 7. The van der Waals surface area contributed by atoms with Gasteiger partial charge in [0.15, 0.2) is 0 Å². The van der Waals surface area contributed by atoms with Crippen LogP contribution < -0.4 is 5.32 Å². The van der Waals surface area contributed by atoms with Gasteiger partial charge in [0, 0.05) is 23.5 Å². The summed E-state index contributed by atoms with van der Waals surface area (Å²) in [4.78, 5) is 42.0. The molecule has 0 radical (unpaired) electrons. The van der Waals surface area contributed by atoms with Crippen molar-refractivity contribution in [3.63, 3.8) is 0 Å². The van der Waals surface area contributed by atoms with Crippen molar-refractivity contribution in [2.75, 3.05) is 32.1 Å².